The van der Waals surface area contributed by atoms with Crippen molar-refractivity contribution in [1.29, 1.82) is 0 Å². The number of halogens is 1. The van der Waals surface area contributed by atoms with E-state index in [1.165, 1.54) is 6.20 Å². The highest BCUT2D eigenvalue weighted by Crippen LogP contribution is 2.20. The highest BCUT2D eigenvalue weighted by atomic mass is 35.5. The summed E-state index contributed by atoms with van der Waals surface area (Å²) >= 11 is 6.04. The molecule has 20 heavy (non-hydrogen) atoms. The molecule has 6 nitrogen and oxygen atoms in total. The third kappa shape index (κ3) is 5.21. The van der Waals surface area contributed by atoms with Crippen LogP contribution in [0, 0.1) is 0 Å². The van der Waals surface area contributed by atoms with Crippen molar-refractivity contribution < 1.29 is 4.79 Å². The lowest BCUT2D eigenvalue weighted by Crippen LogP contribution is -2.41. The van der Waals surface area contributed by atoms with E-state index < -0.39 is 6.04 Å². The van der Waals surface area contributed by atoms with Gasteiger partial charge in [0.05, 0.1) is 6.20 Å². The smallest absolute Gasteiger partial charge is 0.242 e. The van der Waals surface area contributed by atoms with Crippen molar-refractivity contribution in [2.45, 2.75) is 46.2 Å². The molecule has 1 atom stereocenters. The molecule has 1 aromatic rings. The van der Waals surface area contributed by atoms with Gasteiger partial charge in [0.15, 0.2) is 5.82 Å². The highest BCUT2D eigenvalue weighted by Gasteiger charge is 2.16. The molecule has 0 aliphatic heterocycles. The van der Waals surface area contributed by atoms with Crippen LogP contribution in [0.25, 0.3) is 0 Å². The molecule has 1 rings (SSSR count). The van der Waals surface area contributed by atoms with E-state index in [2.05, 4.69) is 32.8 Å². The van der Waals surface area contributed by atoms with Gasteiger partial charge in [-0.2, -0.15) is 4.98 Å². The average Bonchev–Trinajstić information content (AvgIpc) is 2.38. The number of nitrogens with one attached hydrogen (secondary N) is 3. The van der Waals surface area contributed by atoms with Crippen LogP contribution >= 0.6 is 11.6 Å². The summed E-state index contributed by atoms with van der Waals surface area (Å²) in [6.07, 6.45) is 2.49. The monoisotopic (exact) mass is 299 g/mol. The fraction of sp³-hybridized carbons (Fsp3) is 0.615. The Morgan fingerprint density at radius 3 is 2.70 bits per heavy atom. The van der Waals surface area contributed by atoms with Crippen molar-refractivity contribution in [3.63, 3.8) is 0 Å². The van der Waals surface area contributed by atoms with E-state index in [9.17, 15) is 4.79 Å². The van der Waals surface area contributed by atoms with Crippen LogP contribution in [0.4, 0.5) is 11.8 Å². The minimum absolute atomic E-state index is 0.0920. The zero-order valence-electron chi connectivity index (χ0n) is 12.3. The molecule has 0 aliphatic carbocycles. The molecule has 1 unspecified atom stereocenters. The van der Waals surface area contributed by atoms with Crippen LogP contribution in [0.5, 0.6) is 0 Å². The Kier molecular flexibility index (Phi) is 6.51. The lowest BCUT2D eigenvalue weighted by atomic mass is 10.3. The maximum absolute atomic E-state index is 11.9. The fourth-order valence-corrected chi connectivity index (χ4v) is 1.62. The van der Waals surface area contributed by atoms with Crippen molar-refractivity contribution in [1.82, 2.24) is 15.3 Å². The first kappa shape index (κ1) is 16.5. The minimum Gasteiger partial charge on any atom is -0.357 e. The zero-order chi connectivity index (χ0) is 15.1. The van der Waals surface area contributed by atoms with Crippen LogP contribution in [0.3, 0.4) is 0 Å². The van der Waals surface area contributed by atoms with Gasteiger partial charge in [0.2, 0.25) is 11.9 Å². The lowest BCUT2D eigenvalue weighted by molar-refractivity contribution is -0.122. The molecule has 0 spiro atoms. The summed E-state index contributed by atoms with van der Waals surface area (Å²) < 4.78 is 0. The quantitative estimate of drug-likeness (QED) is 0.720. The van der Waals surface area contributed by atoms with Crippen LogP contribution in [-0.4, -0.2) is 34.5 Å². The maximum atomic E-state index is 11.9. The number of aromatic nitrogens is 2. The molecular weight excluding hydrogens is 278 g/mol. The number of carbonyl (C=O) groups is 1. The average molecular weight is 300 g/mol. The van der Waals surface area contributed by atoms with Crippen molar-refractivity contribution in [3.8, 4) is 0 Å². The molecule has 1 heterocycles. The number of rotatable bonds is 7. The van der Waals surface area contributed by atoms with E-state index >= 15 is 0 Å². The molecule has 0 saturated heterocycles. The van der Waals surface area contributed by atoms with E-state index in [1.54, 1.807) is 6.92 Å². The van der Waals surface area contributed by atoms with Gasteiger partial charge in [-0.25, -0.2) is 4.98 Å². The summed E-state index contributed by atoms with van der Waals surface area (Å²) in [6.45, 7) is 8.42. The summed E-state index contributed by atoms with van der Waals surface area (Å²) in [4.78, 5) is 20.2. The standard InChI is InChI=1S/C13H22ClN5O/c1-5-6-15-13-16-7-10(14)11(19-13)18-9(4)12(20)17-8(2)3/h7-9H,5-6H2,1-4H3,(H,17,20)(H2,15,16,18,19). The van der Waals surface area contributed by atoms with Crippen molar-refractivity contribution in [2.24, 2.45) is 0 Å². The predicted molar refractivity (Wildman–Crippen MR) is 82.2 cm³/mol. The molecule has 1 amide bonds. The fourth-order valence-electron chi connectivity index (χ4n) is 1.47. The Hall–Kier alpha value is -1.56. The molecular formula is C13H22ClN5O. The van der Waals surface area contributed by atoms with Crippen molar-refractivity contribution in [3.05, 3.63) is 11.2 Å². The first-order chi connectivity index (χ1) is 9.43. The van der Waals surface area contributed by atoms with Gasteiger partial charge in [-0.15, -0.1) is 0 Å². The molecule has 0 aromatic carbocycles. The molecule has 1 aromatic heterocycles. The normalized spacial score (nSPS) is 12.1. The second kappa shape index (κ2) is 7.89. The van der Waals surface area contributed by atoms with Crippen LogP contribution in [-0.2, 0) is 4.79 Å². The summed E-state index contributed by atoms with van der Waals surface area (Å²) in [6, 6.07) is -0.335. The van der Waals surface area contributed by atoms with Crippen molar-refractivity contribution in [2.75, 3.05) is 17.2 Å². The molecule has 0 saturated carbocycles. The molecule has 3 N–H and O–H groups in total. The summed E-state index contributed by atoms with van der Waals surface area (Å²) in [5.74, 6) is 0.847. The van der Waals surface area contributed by atoms with Crippen LogP contribution < -0.4 is 16.0 Å². The van der Waals surface area contributed by atoms with E-state index in [0.717, 1.165) is 13.0 Å². The Bertz CT molecular complexity index is 452. The predicted octanol–water partition coefficient (Wildman–Crippen LogP) is 2.28. The molecule has 0 radical (unpaired) electrons. The minimum atomic E-state index is -0.427. The molecule has 0 aliphatic rings. The topological polar surface area (TPSA) is 78.9 Å². The van der Waals surface area contributed by atoms with E-state index in [0.29, 0.717) is 16.8 Å². The van der Waals surface area contributed by atoms with Gasteiger partial charge in [-0.3, -0.25) is 4.79 Å². The Labute approximate surface area is 124 Å². The zero-order valence-corrected chi connectivity index (χ0v) is 13.1. The SMILES string of the molecule is CCCNc1ncc(Cl)c(NC(C)C(=O)NC(C)C)n1. The largest absolute Gasteiger partial charge is 0.357 e. The van der Waals surface area contributed by atoms with Gasteiger partial charge in [-0.05, 0) is 27.2 Å². The van der Waals surface area contributed by atoms with Gasteiger partial charge in [0.1, 0.15) is 11.1 Å². The summed E-state index contributed by atoms with van der Waals surface area (Å²) in [7, 11) is 0. The summed E-state index contributed by atoms with van der Waals surface area (Å²) in [5, 5.41) is 9.29. The lowest BCUT2D eigenvalue weighted by Gasteiger charge is -2.17. The Morgan fingerprint density at radius 2 is 2.10 bits per heavy atom. The van der Waals surface area contributed by atoms with Gasteiger partial charge in [-0.1, -0.05) is 18.5 Å². The Balaban J connectivity index is 2.72. The molecule has 0 fully saturated rings. The number of anilines is 2. The number of hydrogen-bond acceptors (Lipinski definition) is 5. The van der Waals surface area contributed by atoms with Gasteiger partial charge >= 0.3 is 0 Å². The van der Waals surface area contributed by atoms with Gasteiger partial charge in [0, 0.05) is 12.6 Å². The Morgan fingerprint density at radius 1 is 1.40 bits per heavy atom. The second-order valence-electron chi connectivity index (χ2n) is 4.85. The number of hydrogen-bond donors (Lipinski definition) is 3. The molecule has 112 valence electrons. The van der Waals surface area contributed by atoms with Crippen LogP contribution in [0.15, 0.2) is 6.20 Å². The van der Waals surface area contributed by atoms with Gasteiger partial charge < -0.3 is 16.0 Å². The second-order valence-corrected chi connectivity index (χ2v) is 5.25. The highest BCUT2D eigenvalue weighted by molar-refractivity contribution is 6.32. The first-order valence-electron chi connectivity index (χ1n) is 6.77. The third-order valence-corrected chi connectivity index (χ3v) is 2.73. The van der Waals surface area contributed by atoms with E-state index in [4.69, 9.17) is 11.6 Å². The van der Waals surface area contributed by atoms with Crippen LogP contribution in [0.1, 0.15) is 34.1 Å². The maximum Gasteiger partial charge on any atom is 0.242 e. The molecule has 7 heteroatoms. The van der Waals surface area contributed by atoms with Crippen LogP contribution in [0.2, 0.25) is 5.02 Å². The third-order valence-electron chi connectivity index (χ3n) is 2.45. The van der Waals surface area contributed by atoms with E-state index in [-0.39, 0.29) is 11.9 Å². The number of nitrogens with zero attached hydrogens (tertiary/aromatic N) is 2. The first-order valence-corrected chi connectivity index (χ1v) is 7.15. The summed E-state index contributed by atoms with van der Waals surface area (Å²) in [5.41, 5.74) is 0. The van der Waals surface area contributed by atoms with Crippen molar-refractivity contribution >= 4 is 29.3 Å². The molecule has 0 bridgehead atoms. The van der Waals surface area contributed by atoms with Gasteiger partial charge in [0.25, 0.3) is 0 Å². The number of carbonyl (C=O) groups excluding carboxylic acids is 1. The number of amides is 1. The van der Waals surface area contributed by atoms with E-state index in [1.807, 2.05) is 13.8 Å².